The monoisotopic (exact) mass is 421 g/mol. The fourth-order valence-electron chi connectivity index (χ4n) is 2.08. The Morgan fingerprint density at radius 1 is 1.10 bits per heavy atom. The van der Waals surface area contributed by atoms with Crippen LogP contribution in [0.25, 0.3) is 0 Å². The molecule has 2 aromatic carbocycles. The van der Waals surface area contributed by atoms with Crippen molar-refractivity contribution in [3.8, 4) is 0 Å². The van der Waals surface area contributed by atoms with Gasteiger partial charge in [-0.25, -0.2) is 13.2 Å². The van der Waals surface area contributed by atoms with Crippen molar-refractivity contribution >= 4 is 31.9 Å². The molecule has 1 N–H and O–H groups in total. The Bertz CT molecular complexity index is 662. The van der Waals surface area contributed by atoms with Crippen molar-refractivity contribution in [2.75, 3.05) is 7.05 Å². The molecule has 0 spiro atoms. The number of halogens is 5. The molecule has 0 aliphatic carbocycles. The summed E-state index contributed by atoms with van der Waals surface area (Å²) in [7, 11) is 1.73. The van der Waals surface area contributed by atoms with Gasteiger partial charge in [0.15, 0.2) is 11.6 Å². The first-order chi connectivity index (χ1) is 9.93. The first-order valence-electron chi connectivity index (χ1n) is 6.18. The number of rotatable bonds is 4. The fraction of sp³-hybridized carbons (Fsp3) is 0.200. The normalized spacial score (nSPS) is 12.5. The van der Waals surface area contributed by atoms with Gasteiger partial charge in [-0.3, -0.25) is 0 Å². The molecule has 0 aromatic heterocycles. The molecule has 0 heterocycles. The van der Waals surface area contributed by atoms with Gasteiger partial charge in [0, 0.05) is 10.5 Å². The summed E-state index contributed by atoms with van der Waals surface area (Å²) in [6.07, 6.45) is 0.501. The molecule has 6 heteroatoms. The Kier molecular flexibility index (Phi) is 5.46. The summed E-state index contributed by atoms with van der Waals surface area (Å²) in [5, 5.41) is 3.06. The van der Waals surface area contributed by atoms with Gasteiger partial charge in [0.05, 0.1) is 4.47 Å². The highest BCUT2D eigenvalue weighted by atomic mass is 79.9. The largest absolute Gasteiger partial charge is 0.313 e. The topological polar surface area (TPSA) is 12.0 Å². The Balaban J connectivity index is 2.34. The predicted molar refractivity (Wildman–Crippen MR) is 83.7 cm³/mol. The number of hydrogen-bond donors (Lipinski definition) is 1. The number of nitrogens with one attached hydrogen (secondary N) is 1. The van der Waals surface area contributed by atoms with E-state index in [1.807, 2.05) is 0 Å². The van der Waals surface area contributed by atoms with Crippen molar-refractivity contribution in [2.45, 2.75) is 12.5 Å². The minimum atomic E-state index is -0.911. The molecule has 0 radical (unpaired) electrons. The van der Waals surface area contributed by atoms with Gasteiger partial charge in [0.2, 0.25) is 0 Å². The van der Waals surface area contributed by atoms with E-state index in [0.29, 0.717) is 16.5 Å². The second-order valence-corrected chi connectivity index (χ2v) is 6.19. The van der Waals surface area contributed by atoms with Crippen LogP contribution in [0.15, 0.2) is 39.3 Å². The lowest BCUT2D eigenvalue weighted by Crippen LogP contribution is -2.20. The van der Waals surface area contributed by atoms with E-state index >= 15 is 0 Å². The smallest absolute Gasteiger partial charge is 0.173 e. The highest BCUT2D eigenvalue weighted by Crippen LogP contribution is 2.31. The zero-order valence-electron chi connectivity index (χ0n) is 11.1. The summed E-state index contributed by atoms with van der Waals surface area (Å²) in [5.74, 6) is -2.14. The van der Waals surface area contributed by atoms with Crippen LogP contribution in [0.2, 0.25) is 0 Å². The van der Waals surface area contributed by atoms with Gasteiger partial charge in [0.25, 0.3) is 0 Å². The molecule has 2 aromatic rings. The Morgan fingerprint density at radius 3 is 2.43 bits per heavy atom. The van der Waals surface area contributed by atoms with Crippen LogP contribution in [0.3, 0.4) is 0 Å². The van der Waals surface area contributed by atoms with Crippen LogP contribution in [0.4, 0.5) is 13.2 Å². The standard InChI is InChI=1S/C15H12Br2F3N/c1-21-13(6-8-2-3-9(18)7-11(8)16)10-4-5-12(19)15(20)14(10)17/h2-5,7,13,21H,6H2,1H3. The van der Waals surface area contributed by atoms with Crippen LogP contribution >= 0.6 is 31.9 Å². The van der Waals surface area contributed by atoms with Gasteiger partial charge in [-0.1, -0.05) is 28.1 Å². The predicted octanol–water partition coefficient (Wildman–Crippen LogP) is 5.13. The Morgan fingerprint density at radius 2 is 1.81 bits per heavy atom. The van der Waals surface area contributed by atoms with Crippen molar-refractivity contribution in [1.82, 2.24) is 5.32 Å². The second kappa shape index (κ2) is 6.94. The number of likely N-dealkylation sites (N-methyl/N-ethyl adjacent to an activating group) is 1. The highest BCUT2D eigenvalue weighted by Gasteiger charge is 2.19. The van der Waals surface area contributed by atoms with E-state index in [4.69, 9.17) is 0 Å². The molecular weight excluding hydrogens is 411 g/mol. The maximum Gasteiger partial charge on any atom is 0.173 e. The Labute approximate surface area is 137 Å². The number of benzene rings is 2. The summed E-state index contributed by atoms with van der Waals surface area (Å²) < 4.78 is 40.7. The average molecular weight is 423 g/mol. The van der Waals surface area contributed by atoms with Crippen molar-refractivity contribution in [1.29, 1.82) is 0 Å². The van der Waals surface area contributed by atoms with Gasteiger partial charge in [0.1, 0.15) is 5.82 Å². The van der Waals surface area contributed by atoms with Crippen molar-refractivity contribution in [3.05, 3.63) is 67.9 Å². The minimum absolute atomic E-state index is 0.0973. The molecule has 1 unspecified atom stereocenters. The molecule has 0 saturated carbocycles. The van der Waals surface area contributed by atoms with Crippen LogP contribution in [-0.2, 0) is 6.42 Å². The third kappa shape index (κ3) is 3.67. The van der Waals surface area contributed by atoms with E-state index in [9.17, 15) is 13.2 Å². The summed E-state index contributed by atoms with van der Waals surface area (Å²) in [4.78, 5) is 0. The third-order valence-corrected chi connectivity index (χ3v) is 4.77. The van der Waals surface area contributed by atoms with E-state index in [-0.39, 0.29) is 16.3 Å². The molecule has 2 rings (SSSR count). The highest BCUT2D eigenvalue weighted by molar-refractivity contribution is 9.10. The Hall–Kier alpha value is -0.850. The first-order valence-corrected chi connectivity index (χ1v) is 7.77. The minimum Gasteiger partial charge on any atom is -0.313 e. The van der Waals surface area contributed by atoms with Gasteiger partial charge in [-0.15, -0.1) is 0 Å². The first kappa shape index (κ1) is 16.5. The summed E-state index contributed by atoms with van der Waals surface area (Å²) in [6.45, 7) is 0. The van der Waals surface area contributed by atoms with Crippen molar-refractivity contribution in [3.63, 3.8) is 0 Å². The van der Waals surface area contributed by atoms with Gasteiger partial charge >= 0.3 is 0 Å². The van der Waals surface area contributed by atoms with E-state index in [2.05, 4.69) is 37.2 Å². The average Bonchev–Trinajstić information content (AvgIpc) is 2.45. The molecule has 1 nitrogen and oxygen atoms in total. The maximum atomic E-state index is 13.7. The molecule has 21 heavy (non-hydrogen) atoms. The summed E-state index contributed by atoms with van der Waals surface area (Å²) in [5.41, 5.74) is 1.47. The van der Waals surface area contributed by atoms with E-state index in [1.54, 1.807) is 13.1 Å². The van der Waals surface area contributed by atoms with Crippen LogP contribution in [-0.4, -0.2) is 7.05 Å². The summed E-state index contributed by atoms with van der Waals surface area (Å²) >= 11 is 6.40. The van der Waals surface area contributed by atoms with E-state index in [1.165, 1.54) is 18.2 Å². The van der Waals surface area contributed by atoms with Crippen LogP contribution < -0.4 is 5.32 Å². The summed E-state index contributed by atoms with van der Waals surface area (Å²) in [6, 6.07) is 6.80. The lowest BCUT2D eigenvalue weighted by Gasteiger charge is -2.19. The molecule has 0 saturated heterocycles. The van der Waals surface area contributed by atoms with E-state index in [0.717, 1.165) is 11.6 Å². The van der Waals surface area contributed by atoms with Gasteiger partial charge < -0.3 is 5.32 Å². The quantitative estimate of drug-likeness (QED) is 0.673. The van der Waals surface area contributed by atoms with Gasteiger partial charge in [-0.2, -0.15) is 0 Å². The molecule has 0 fully saturated rings. The third-order valence-electron chi connectivity index (χ3n) is 3.23. The fourth-order valence-corrected chi connectivity index (χ4v) is 3.20. The van der Waals surface area contributed by atoms with Crippen LogP contribution in [0.1, 0.15) is 17.2 Å². The zero-order valence-corrected chi connectivity index (χ0v) is 14.2. The van der Waals surface area contributed by atoms with Crippen molar-refractivity contribution < 1.29 is 13.2 Å². The molecule has 0 aliphatic rings. The molecule has 0 bridgehead atoms. The molecular formula is C15H12Br2F3N. The molecule has 1 atom stereocenters. The van der Waals surface area contributed by atoms with E-state index < -0.39 is 11.6 Å². The van der Waals surface area contributed by atoms with Crippen molar-refractivity contribution in [2.24, 2.45) is 0 Å². The SMILES string of the molecule is CNC(Cc1ccc(F)cc1Br)c1ccc(F)c(F)c1Br. The zero-order chi connectivity index (χ0) is 15.6. The molecule has 0 amide bonds. The lowest BCUT2D eigenvalue weighted by atomic mass is 9.99. The molecule has 0 aliphatic heterocycles. The van der Waals surface area contributed by atoms with Crippen LogP contribution in [0, 0.1) is 17.5 Å². The maximum absolute atomic E-state index is 13.7. The van der Waals surface area contributed by atoms with Gasteiger partial charge in [-0.05, 0) is 58.7 Å². The second-order valence-electron chi connectivity index (χ2n) is 4.55. The molecule has 112 valence electrons. The van der Waals surface area contributed by atoms with Crippen LogP contribution in [0.5, 0.6) is 0 Å². The number of hydrogen-bond acceptors (Lipinski definition) is 1. The lowest BCUT2D eigenvalue weighted by molar-refractivity contribution is 0.495.